The first kappa shape index (κ1) is 14.3. The van der Waals surface area contributed by atoms with Crippen molar-refractivity contribution in [3.05, 3.63) is 29.8 Å². The fraction of sp³-hybridized carbons (Fsp3) is 0.462. The topological polar surface area (TPSA) is 71.1 Å². The zero-order valence-corrected chi connectivity index (χ0v) is 11.1. The van der Waals surface area contributed by atoms with E-state index in [0.717, 1.165) is 18.8 Å². The normalized spacial score (nSPS) is 13.7. The van der Waals surface area contributed by atoms with Gasteiger partial charge in [-0.2, -0.15) is 0 Å². The van der Waals surface area contributed by atoms with E-state index in [1.807, 2.05) is 38.2 Å². The van der Waals surface area contributed by atoms with Gasteiger partial charge in [0.25, 0.3) is 0 Å². The van der Waals surface area contributed by atoms with Crippen LogP contribution in [0.3, 0.4) is 0 Å². The predicted octanol–water partition coefficient (Wildman–Crippen LogP) is 1.51. The van der Waals surface area contributed by atoms with Crippen molar-refractivity contribution < 1.29 is 9.94 Å². The minimum atomic E-state index is 0.0191. The Balaban J connectivity index is 2.56. The summed E-state index contributed by atoms with van der Waals surface area (Å²) in [5, 5.41) is 11.6. The van der Waals surface area contributed by atoms with Crippen molar-refractivity contribution in [2.24, 2.45) is 16.8 Å². The summed E-state index contributed by atoms with van der Waals surface area (Å²) in [6.07, 6.45) is 0. The number of hydrogen-bond acceptors (Lipinski definition) is 4. The standard InChI is InChI=1S/C13H21N3O2/c1-10(13(14)15-17)8-16(2)9-11-5-4-6-12(7-11)18-3/h4-7,10,17H,8-9H2,1-3H3,(H2,14,15). The molecule has 0 heterocycles. The lowest BCUT2D eigenvalue weighted by molar-refractivity contribution is 0.290. The zero-order valence-electron chi connectivity index (χ0n) is 11.1. The SMILES string of the molecule is COc1cccc(CN(C)CC(C)/C(N)=N/O)c1. The summed E-state index contributed by atoms with van der Waals surface area (Å²) < 4.78 is 5.18. The molecule has 0 saturated heterocycles. The summed E-state index contributed by atoms with van der Waals surface area (Å²) in [6, 6.07) is 7.94. The van der Waals surface area contributed by atoms with Crippen molar-refractivity contribution >= 4 is 5.84 Å². The molecule has 0 fully saturated rings. The second kappa shape index (κ2) is 6.86. The number of amidine groups is 1. The summed E-state index contributed by atoms with van der Waals surface area (Å²) in [5.41, 5.74) is 6.73. The predicted molar refractivity (Wildman–Crippen MR) is 71.9 cm³/mol. The molecule has 0 aromatic heterocycles. The van der Waals surface area contributed by atoms with Crippen LogP contribution in [0.25, 0.3) is 0 Å². The number of nitrogens with zero attached hydrogens (tertiary/aromatic N) is 2. The molecule has 5 heteroatoms. The summed E-state index contributed by atoms with van der Waals surface area (Å²) in [7, 11) is 3.66. The van der Waals surface area contributed by atoms with Crippen molar-refractivity contribution in [3.8, 4) is 5.75 Å². The van der Waals surface area contributed by atoms with Crippen LogP contribution < -0.4 is 10.5 Å². The largest absolute Gasteiger partial charge is 0.497 e. The number of rotatable bonds is 6. The van der Waals surface area contributed by atoms with Gasteiger partial charge in [0.1, 0.15) is 11.6 Å². The van der Waals surface area contributed by atoms with Gasteiger partial charge in [0.2, 0.25) is 0 Å². The Morgan fingerprint density at radius 1 is 1.56 bits per heavy atom. The molecule has 0 aliphatic carbocycles. The van der Waals surface area contributed by atoms with Crippen molar-refractivity contribution in [2.45, 2.75) is 13.5 Å². The highest BCUT2D eigenvalue weighted by Crippen LogP contribution is 2.14. The highest BCUT2D eigenvalue weighted by molar-refractivity contribution is 5.82. The van der Waals surface area contributed by atoms with E-state index in [1.165, 1.54) is 5.56 Å². The minimum absolute atomic E-state index is 0.0191. The van der Waals surface area contributed by atoms with Crippen molar-refractivity contribution in [1.82, 2.24) is 4.90 Å². The Bertz CT molecular complexity index is 407. The van der Waals surface area contributed by atoms with Crippen molar-refractivity contribution in [3.63, 3.8) is 0 Å². The molecule has 1 rings (SSSR count). The Hall–Kier alpha value is -1.75. The lowest BCUT2D eigenvalue weighted by atomic mass is 10.1. The third kappa shape index (κ3) is 4.25. The van der Waals surface area contributed by atoms with Gasteiger partial charge in [0, 0.05) is 19.0 Å². The van der Waals surface area contributed by atoms with Crippen LogP contribution in [-0.2, 0) is 6.54 Å². The van der Waals surface area contributed by atoms with Crippen LogP contribution in [-0.4, -0.2) is 36.6 Å². The average molecular weight is 251 g/mol. The lowest BCUT2D eigenvalue weighted by Gasteiger charge is -2.20. The second-order valence-electron chi connectivity index (χ2n) is 4.47. The van der Waals surface area contributed by atoms with Gasteiger partial charge >= 0.3 is 0 Å². The van der Waals surface area contributed by atoms with Gasteiger partial charge in [-0.05, 0) is 24.7 Å². The molecule has 0 saturated carbocycles. The highest BCUT2D eigenvalue weighted by atomic mass is 16.5. The summed E-state index contributed by atoms with van der Waals surface area (Å²) >= 11 is 0. The first-order valence-electron chi connectivity index (χ1n) is 5.85. The molecule has 100 valence electrons. The van der Waals surface area contributed by atoms with Gasteiger partial charge in [0.15, 0.2) is 0 Å². The van der Waals surface area contributed by atoms with Gasteiger partial charge in [-0.3, -0.25) is 0 Å². The van der Waals surface area contributed by atoms with E-state index in [2.05, 4.69) is 10.1 Å². The summed E-state index contributed by atoms with van der Waals surface area (Å²) in [6.45, 7) is 3.45. The third-order valence-electron chi connectivity index (χ3n) is 2.79. The van der Waals surface area contributed by atoms with Crippen molar-refractivity contribution in [1.29, 1.82) is 0 Å². The van der Waals surface area contributed by atoms with Crippen LogP contribution in [0.2, 0.25) is 0 Å². The second-order valence-corrected chi connectivity index (χ2v) is 4.47. The van der Waals surface area contributed by atoms with Crippen LogP contribution in [0.5, 0.6) is 5.75 Å². The van der Waals surface area contributed by atoms with E-state index in [4.69, 9.17) is 15.7 Å². The van der Waals surface area contributed by atoms with Gasteiger partial charge < -0.3 is 20.6 Å². The molecule has 0 aliphatic heterocycles. The van der Waals surface area contributed by atoms with Gasteiger partial charge in [-0.1, -0.05) is 24.2 Å². The third-order valence-corrected chi connectivity index (χ3v) is 2.79. The average Bonchev–Trinajstić information content (AvgIpc) is 2.37. The van der Waals surface area contributed by atoms with E-state index in [-0.39, 0.29) is 11.8 Å². The molecule has 5 nitrogen and oxygen atoms in total. The molecule has 18 heavy (non-hydrogen) atoms. The van der Waals surface area contributed by atoms with E-state index in [1.54, 1.807) is 7.11 Å². The Morgan fingerprint density at radius 3 is 2.89 bits per heavy atom. The van der Waals surface area contributed by atoms with Gasteiger partial charge in [-0.25, -0.2) is 0 Å². The van der Waals surface area contributed by atoms with E-state index < -0.39 is 0 Å². The van der Waals surface area contributed by atoms with E-state index in [9.17, 15) is 0 Å². The van der Waals surface area contributed by atoms with Gasteiger partial charge in [-0.15, -0.1) is 0 Å². The molecule has 0 radical (unpaired) electrons. The maximum absolute atomic E-state index is 8.60. The molecule has 1 atom stereocenters. The molecule has 1 unspecified atom stereocenters. The molecule has 0 bridgehead atoms. The van der Waals surface area contributed by atoms with Crippen LogP contribution in [0.1, 0.15) is 12.5 Å². The lowest BCUT2D eigenvalue weighted by Crippen LogP contribution is -2.32. The van der Waals surface area contributed by atoms with Crippen LogP contribution in [0, 0.1) is 5.92 Å². The highest BCUT2D eigenvalue weighted by Gasteiger charge is 2.11. The fourth-order valence-corrected chi connectivity index (χ4v) is 1.81. The minimum Gasteiger partial charge on any atom is -0.497 e. The Kier molecular flexibility index (Phi) is 5.45. The van der Waals surface area contributed by atoms with Crippen LogP contribution in [0.4, 0.5) is 0 Å². The van der Waals surface area contributed by atoms with Crippen LogP contribution >= 0.6 is 0 Å². The number of ether oxygens (including phenoxy) is 1. The molecule has 0 spiro atoms. The number of nitrogens with two attached hydrogens (primary N) is 1. The van der Waals surface area contributed by atoms with Gasteiger partial charge in [0.05, 0.1) is 7.11 Å². The number of benzene rings is 1. The maximum atomic E-state index is 8.60. The molecular weight excluding hydrogens is 230 g/mol. The monoisotopic (exact) mass is 251 g/mol. The Morgan fingerprint density at radius 2 is 2.28 bits per heavy atom. The molecule has 1 aromatic carbocycles. The fourth-order valence-electron chi connectivity index (χ4n) is 1.81. The van der Waals surface area contributed by atoms with E-state index >= 15 is 0 Å². The molecule has 0 amide bonds. The smallest absolute Gasteiger partial charge is 0.143 e. The molecular formula is C13H21N3O2. The number of hydrogen-bond donors (Lipinski definition) is 2. The van der Waals surface area contributed by atoms with E-state index in [0.29, 0.717) is 0 Å². The first-order chi connectivity index (χ1) is 8.56. The summed E-state index contributed by atoms with van der Waals surface area (Å²) in [5.74, 6) is 1.13. The quantitative estimate of drug-likeness (QED) is 0.348. The van der Waals surface area contributed by atoms with Crippen LogP contribution in [0.15, 0.2) is 29.4 Å². The summed E-state index contributed by atoms with van der Waals surface area (Å²) in [4.78, 5) is 2.12. The number of oxime groups is 1. The first-order valence-corrected chi connectivity index (χ1v) is 5.85. The maximum Gasteiger partial charge on any atom is 0.143 e. The number of methoxy groups -OCH3 is 1. The van der Waals surface area contributed by atoms with Crippen molar-refractivity contribution in [2.75, 3.05) is 20.7 Å². The molecule has 0 aliphatic rings. The molecule has 1 aromatic rings. The molecule has 3 N–H and O–H groups in total. The zero-order chi connectivity index (χ0) is 13.5. The Labute approximate surface area is 108 Å².